The van der Waals surface area contributed by atoms with E-state index < -0.39 is 0 Å². The van der Waals surface area contributed by atoms with Gasteiger partial charge in [-0.3, -0.25) is 0 Å². The second kappa shape index (κ2) is 6.05. The topological polar surface area (TPSA) is 29.9 Å². The van der Waals surface area contributed by atoms with Gasteiger partial charge in [-0.1, -0.05) is 13.8 Å². The van der Waals surface area contributed by atoms with Gasteiger partial charge in [0.15, 0.2) is 0 Å². The number of thiophene rings is 1. The zero-order valence-corrected chi connectivity index (χ0v) is 12.1. The third kappa shape index (κ3) is 3.35. The summed E-state index contributed by atoms with van der Waals surface area (Å²) >= 11 is 1.76. The van der Waals surface area contributed by atoms with Crippen molar-refractivity contribution in [1.82, 2.24) is 9.55 Å². The fraction of sp³-hybridized carbons (Fsp3) is 0.500. The molecule has 0 radical (unpaired) electrons. The Hall–Kier alpha value is -1.29. The van der Waals surface area contributed by atoms with Crippen molar-refractivity contribution >= 4 is 17.3 Å². The monoisotopic (exact) mass is 263 g/mol. The molecule has 1 atom stereocenters. The van der Waals surface area contributed by atoms with Gasteiger partial charge in [-0.15, -0.1) is 0 Å². The Labute approximate surface area is 113 Å². The Bertz CT molecular complexity index is 459. The summed E-state index contributed by atoms with van der Waals surface area (Å²) in [4.78, 5) is 4.39. The van der Waals surface area contributed by atoms with Crippen molar-refractivity contribution in [3.63, 3.8) is 0 Å². The Morgan fingerprint density at radius 3 is 2.89 bits per heavy atom. The van der Waals surface area contributed by atoms with E-state index in [1.54, 1.807) is 11.3 Å². The molecule has 0 fully saturated rings. The molecule has 4 heteroatoms. The zero-order chi connectivity index (χ0) is 13.0. The van der Waals surface area contributed by atoms with Gasteiger partial charge in [0.1, 0.15) is 0 Å². The fourth-order valence-corrected chi connectivity index (χ4v) is 2.63. The van der Waals surface area contributed by atoms with E-state index in [1.165, 1.54) is 5.56 Å². The van der Waals surface area contributed by atoms with Crippen LogP contribution in [-0.4, -0.2) is 16.1 Å². The van der Waals surface area contributed by atoms with Crippen molar-refractivity contribution in [3.05, 3.63) is 34.8 Å². The molecule has 0 aliphatic rings. The molecule has 0 aliphatic carbocycles. The fourth-order valence-electron chi connectivity index (χ4n) is 1.95. The molecule has 98 valence electrons. The molecule has 0 saturated heterocycles. The molecule has 0 spiro atoms. The highest BCUT2D eigenvalue weighted by Gasteiger charge is 2.11. The van der Waals surface area contributed by atoms with E-state index in [0.717, 1.165) is 18.9 Å². The second-order valence-electron chi connectivity index (χ2n) is 5.12. The van der Waals surface area contributed by atoms with Gasteiger partial charge in [0, 0.05) is 25.0 Å². The van der Waals surface area contributed by atoms with Crippen molar-refractivity contribution < 1.29 is 0 Å². The predicted molar refractivity (Wildman–Crippen MR) is 78.3 cm³/mol. The van der Waals surface area contributed by atoms with Gasteiger partial charge in [-0.05, 0) is 41.7 Å². The average molecular weight is 263 g/mol. The van der Waals surface area contributed by atoms with E-state index in [1.807, 2.05) is 6.20 Å². The maximum Gasteiger partial charge on any atom is 0.203 e. The minimum Gasteiger partial charge on any atom is -0.355 e. The summed E-state index contributed by atoms with van der Waals surface area (Å²) in [5.74, 6) is 1.61. The Morgan fingerprint density at radius 1 is 1.39 bits per heavy atom. The standard InChI is InChI=1S/C14H21N3S/c1-11(2)9-16-14-15-5-6-17(14)12(3)8-13-4-7-18-10-13/h4-7,10-12H,8-9H2,1-3H3,(H,15,16). The van der Waals surface area contributed by atoms with Crippen LogP contribution in [-0.2, 0) is 6.42 Å². The molecular formula is C14H21N3S. The summed E-state index contributed by atoms with van der Waals surface area (Å²) in [6.45, 7) is 7.60. The van der Waals surface area contributed by atoms with E-state index in [2.05, 4.69) is 58.7 Å². The van der Waals surface area contributed by atoms with Crippen LogP contribution in [0.3, 0.4) is 0 Å². The van der Waals surface area contributed by atoms with Crippen LogP contribution < -0.4 is 5.32 Å². The van der Waals surface area contributed by atoms with Gasteiger partial charge in [-0.2, -0.15) is 11.3 Å². The number of nitrogens with one attached hydrogen (secondary N) is 1. The smallest absolute Gasteiger partial charge is 0.203 e. The van der Waals surface area contributed by atoms with Crippen molar-refractivity contribution in [2.45, 2.75) is 33.2 Å². The number of nitrogens with zero attached hydrogens (tertiary/aromatic N) is 2. The van der Waals surface area contributed by atoms with Crippen LogP contribution in [0.15, 0.2) is 29.2 Å². The molecule has 0 aliphatic heterocycles. The number of anilines is 1. The third-order valence-electron chi connectivity index (χ3n) is 2.92. The first-order valence-electron chi connectivity index (χ1n) is 6.44. The summed E-state index contributed by atoms with van der Waals surface area (Å²) in [5.41, 5.74) is 1.40. The lowest BCUT2D eigenvalue weighted by atomic mass is 10.1. The Balaban J connectivity index is 2.01. The van der Waals surface area contributed by atoms with Crippen molar-refractivity contribution in [3.8, 4) is 0 Å². The van der Waals surface area contributed by atoms with Crippen LogP contribution >= 0.6 is 11.3 Å². The van der Waals surface area contributed by atoms with Crippen LogP contribution in [0.5, 0.6) is 0 Å². The third-order valence-corrected chi connectivity index (χ3v) is 3.66. The normalized spacial score (nSPS) is 12.9. The van der Waals surface area contributed by atoms with Crippen LogP contribution in [0, 0.1) is 5.92 Å². The van der Waals surface area contributed by atoms with E-state index in [0.29, 0.717) is 12.0 Å². The first-order valence-corrected chi connectivity index (χ1v) is 7.39. The molecule has 2 heterocycles. The van der Waals surface area contributed by atoms with Crippen LogP contribution in [0.2, 0.25) is 0 Å². The van der Waals surface area contributed by atoms with Crippen LogP contribution in [0.1, 0.15) is 32.4 Å². The summed E-state index contributed by atoms with van der Waals surface area (Å²) in [5, 5.41) is 7.76. The van der Waals surface area contributed by atoms with Gasteiger partial charge in [0.2, 0.25) is 5.95 Å². The van der Waals surface area contributed by atoms with Gasteiger partial charge in [0.25, 0.3) is 0 Å². The highest BCUT2D eigenvalue weighted by atomic mass is 32.1. The number of imidazole rings is 1. The molecule has 0 aromatic carbocycles. The number of rotatable bonds is 6. The molecule has 3 nitrogen and oxygen atoms in total. The van der Waals surface area contributed by atoms with Gasteiger partial charge < -0.3 is 9.88 Å². The van der Waals surface area contributed by atoms with E-state index in [4.69, 9.17) is 0 Å². The summed E-state index contributed by atoms with van der Waals surface area (Å²) in [7, 11) is 0. The lowest BCUT2D eigenvalue weighted by molar-refractivity contribution is 0.546. The largest absolute Gasteiger partial charge is 0.355 e. The van der Waals surface area contributed by atoms with Crippen LogP contribution in [0.25, 0.3) is 0 Å². The molecule has 2 aromatic heterocycles. The molecule has 1 N–H and O–H groups in total. The molecule has 18 heavy (non-hydrogen) atoms. The summed E-state index contributed by atoms with van der Waals surface area (Å²) in [6, 6.07) is 2.62. The first-order chi connectivity index (χ1) is 8.66. The molecule has 0 saturated carbocycles. The lowest BCUT2D eigenvalue weighted by Gasteiger charge is -2.17. The van der Waals surface area contributed by atoms with Crippen molar-refractivity contribution in [2.24, 2.45) is 5.92 Å². The Morgan fingerprint density at radius 2 is 2.22 bits per heavy atom. The zero-order valence-electron chi connectivity index (χ0n) is 11.3. The maximum absolute atomic E-state index is 4.39. The number of hydrogen-bond acceptors (Lipinski definition) is 3. The number of aromatic nitrogens is 2. The molecule has 1 unspecified atom stereocenters. The first kappa shape index (κ1) is 13.1. The minimum absolute atomic E-state index is 0.428. The van der Waals surface area contributed by atoms with E-state index in [-0.39, 0.29) is 0 Å². The average Bonchev–Trinajstić information content (AvgIpc) is 2.96. The minimum atomic E-state index is 0.428. The predicted octanol–water partition coefficient (Wildman–Crippen LogP) is 3.82. The second-order valence-corrected chi connectivity index (χ2v) is 5.90. The van der Waals surface area contributed by atoms with Gasteiger partial charge in [0.05, 0.1) is 0 Å². The Kier molecular flexibility index (Phi) is 4.42. The molecule has 0 amide bonds. The SMILES string of the molecule is CC(C)CNc1nccn1C(C)Cc1ccsc1. The van der Waals surface area contributed by atoms with E-state index >= 15 is 0 Å². The number of hydrogen-bond donors (Lipinski definition) is 1. The highest BCUT2D eigenvalue weighted by molar-refractivity contribution is 7.07. The van der Waals surface area contributed by atoms with Crippen molar-refractivity contribution in [1.29, 1.82) is 0 Å². The quantitative estimate of drug-likeness (QED) is 0.858. The maximum atomic E-state index is 4.39. The van der Waals surface area contributed by atoms with Gasteiger partial charge >= 0.3 is 0 Å². The molecule has 2 aromatic rings. The molecule has 2 rings (SSSR count). The summed E-state index contributed by atoms with van der Waals surface area (Å²) in [6.07, 6.45) is 4.97. The molecule has 0 bridgehead atoms. The van der Waals surface area contributed by atoms with Gasteiger partial charge in [-0.25, -0.2) is 4.98 Å². The van der Waals surface area contributed by atoms with Crippen LogP contribution in [0.4, 0.5) is 5.95 Å². The molecular weight excluding hydrogens is 242 g/mol. The summed E-state index contributed by atoms with van der Waals surface area (Å²) < 4.78 is 2.22. The lowest BCUT2D eigenvalue weighted by Crippen LogP contribution is -2.15. The van der Waals surface area contributed by atoms with Crippen molar-refractivity contribution in [2.75, 3.05) is 11.9 Å². The highest BCUT2D eigenvalue weighted by Crippen LogP contribution is 2.19. The van der Waals surface area contributed by atoms with E-state index in [9.17, 15) is 0 Å².